The standard InChI is InChI=1S/C10H24N2OS/c1-7-14(13)12(6)8-9(11-5)10(2,3)4/h9,11H,7-8H2,1-6H3/t9-,14?/m1/s1. The molecule has 0 aliphatic heterocycles. The molecule has 14 heavy (non-hydrogen) atoms. The lowest BCUT2D eigenvalue weighted by molar-refractivity contribution is 0.249. The molecule has 3 nitrogen and oxygen atoms in total. The minimum Gasteiger partial charge on any atom is -0.315 e. The number of hydrogen-bond donors (Lipinski definition) is 1. The zero-order valence-electron chi connectivity index (χ0n) is 10.3. The molecule has 1 N–H and O–H groups in total. The molecule has 0 aliphatic carbocycles. The first kappa shape index (κ1) is 14.1. The van der Waals surface area contributed by atoms with Crippen molar-refractivity contribution in [1.29, 1.82) is 0 Å². The van der Waals surface area contributed by atoms with Gasteiger partial charge in [-0.2, -0.15) is 0 Å². The van der Waals surface area contributed by atoms with Crippen LogP contribution in [0.15, 0.2) is 0 Å². The van der Waals surface area contributed by atoms with Crippen LogP contribution in [0, 0.1) is 5.41 Å². The average molecular weight is 220 g/mol. The molecule has 0 fully saturated rings. The van der Waals surface area contributed by atoms with E-state index in [-0.39, 0.29) is 5.41 Å². The maximum Gasteiger partial charge on any atom is 0.0937 e. The van der Waals surface area contributed by atoms with Crippen molar-refractivity contribution in [2.75, 3.05) is 26.4 Å². The number of rotatable bonds is 5. The number of nitrogens with one attached hydrogen (secondary N) is 1. The zero-order chi connectivity index (χ0) is 11.4. The lowest BCUT2D eigenvalue weighted by Gasteiger charge is -2.33. The van der Waals surface area contributed by atoms with Gasteiger partial charge in [-0.15, -0.1) is 0 Å². The predicted molar refractivity (Wildman–Crippen MR) is 63.6 cm³/mol. The van der Waals surface area contributed by atoms with Gasteiger partial charge in [0, 0.05) is 18.3 Å². The van der Waals surface area contributed by atoms with Gasteiger partial charge in [0.25, 0.3) is 0 Å². The second-order valence-electron chi connectivity index (χ2n) is 4.63. The van der Waals surface area contributed by atoms with Crippen molar-refractivity contribution >= 4 is 11.0 Å². The van der Waals surface area contributed by atoms with Gasteiger partial charge in [0.05, 0.1) is 11.0 Å². The molecular weight excluding hydrogens is 196 g/mol. The summed E-state index contributed by atoms with van der Waals surface area (Å²) in [5.41, 5.74) is 0.195. The molecule has 0 aromatic heterocycles. The molecule has 86 valence electrons. The van der Waals surface area contributed by atoms with Gasteiger partial charge in [-0.3, -0.25) is 0 Å². The molecule has 0 saturated heterocycles. The maximum atomic E-state index is 11.5. The van der Waals surface area contributed by atoms with Gasteiger partial charge in [0.1, 0.15) is 0 Å². The largest absolute Gasteiger partial charge is 0.315 e. The summed E-state index contributed by atoms with van der Waals surface area (Å²) in [6, 6.07) is 0.364. The van der Waals surface area contributed by atoms with E-state index in [2.05, 4.69) is 26.1 Å². The normalized spacial score (nSPS) is 17.1. The van der Waals surface area contributed by atoms with Gasteiger partial charge in [0.15, 0.2) is 0 Å². The van der Waals surface area contributed by atoms with Crippen LogP contribution < -0.4 is 5.32 Å². The Morgan fingerprint density at radius 3 is 2.21 bits per heavy atom. The van der Waals surface area contributed by atoms with E-state index in [0.717, 1.165) is 6.54 Å². The van der Waals surface area contributed by atoms with E-state index in [1.807, 2.05) is 25.3 Å². The van der Waals surface area contributed by atoms with Crippen LogP contribution in [0.1, 0.15) is 27.7 Å². The molecule has 0 amide bonds. The van der Waals surface area contributed by atoms with Gasteiger partial charge in [-0.05, 0) is 19.5 Å². The van der Waals surface area contributed by atoms with E-state index >= 15 is 0 Å². The van der Waals surface area contributed by atoms with Gasteiger partial charge in [0.2, 0.25) is 0 Å². The first-order chi connectivity index (χ1) is 6.32. The molecule has 0 aromatic rings. The Kier molecular flexibility index (Phi) is 5.86. The molecule has 0 heterocycles. The highest BCUT2D eigenvalue weighted by atomic mass is 32.2. The Morgan fingerprint density at radius 2 is 1.93 bits per heavy atom. The van der Waals surface area contributed by atoms with Crippen LogP contribution in [0.25, 0.3) is 0 Å². The maximum absolute atomic E-state index is 11.5. The summed E-state index contributed by atoms with van der Waals surface area (Å²) in [6.45, 7) is 9.34. The highest BCUT2D eigenvalue weighted by molar-refractivity contribution is 7.82. The third kappa shape index (κ3) is 4.53. The van der Waals surface area contributed by atoms with Crippen molar-refractivity contribution in [3.05, 3.63) is 0 Å². The van der Waals surface area contributed by atoms with E-state index in [0.29, 0.717) is 11.8 Å². The fourth-order valence-corrected chi connectivity index (χ4v) is 2.11. The summed E-state index contributed by atoms with van der Waals surface area (Å²) in [7, 11) is 3.03. The van der Waals surface area contributed by atoms with Crippen LogP contribution in [0.2, 0.25) is 0 Å². The Bertz CT molecular complexity index is 189. The van der Waals surface area contributed by atoms with E-state index in [1.165, 1.54) is 0 Å². The van der Waals surface area contributed by atoms with Gasteiger partial charge >= 0.3 is 0 Å². The predicted octanol–water partition coefficient (Wildman–Crippen LogP) is 1.24. The molecule has 0 saturated carbocycles. The van der Waals surface area contributed by atoms with Gasteiger partial charge in [-0.1, -0.05) is 27.7 Å². The van der Waals surface area contributed by atoms with Crippen LogP contribution in [-0.4, -0.2) is 40.9 Å². The Morgan fingerprint density at radius 1 is 1.43 bits per heavy atom. The topological polar surface area (TPSA) is 32.3 Å². The highest BCUT2D eigenvalue weighted by Crippen LogP contribution is 2.19. The van der Waals surface area contributed by atoms with E-state index in [4.69, 9.17) is 0 Å². The second kappa shape index (κ2) is 5.83. The fraction of sp³-hybridized carbons (Fsp3) is 1.00. The van der Waals surface area contributed by atoms with Crippen molar-refractivity contribution in [3.63, 3.8) is 0 Å². The van der Waals surface area contributed by atoms with Crippen LogP contribution in [0.4, 0.5) is 0 Å². The summed E-state index contributed by atoms with van der Waals surface area (Å²) >= 11 is 0. The molecule has 0 spiro atoms. The van der Waals surface area contributed by atoms with Crippen LogP contribution in [0.3, 0.4) is 0 Å². The summed E-state index contributed by atoms with van der Waals surface area (Å²) in [4.78, 5) is 0. The molecule has 2 atom stereocenters. The summed E-state index contributed by atoms with van der Waals surface area (Å²) in [5, 5.41) is 3.28. The summed E-state index contributed by atoms with van der Waals surface area (Å²) in [5.74, 6) is 0.692. The van der Waals surface area contributed by atoms with Gasteiger partial charge < -0.3 is 5.32 Å². The quantitative estimate of drug-likeness (QED) is 0.756. The third-order valence-corrected chi connectivity index (χ3v) is 3.77. The fourth-order valence-electron chi connectivity index (χ4n) is 1.36. The van der Waals surface area contributed by atoms with Crippen LogP contribution in [-0.2, 0) is 11.0 Å². The van der Waals surface area contributed by atoms with Crippen molar-refractivity contribution in [3.8, 4) is 0 Å². The third-order valence-electron chi connectivity index (χ3n) is 2.43. The van der Waals surface area contributed by atoms with Crippen molar-refractivity contribution in [2.24, 2.45) is 5.41 Å². The van der Waals surface area contributed by atoms with E-state index < -0.39 is 11.0 Å². The molecule has 0 aliphatic rings. The first-order valence-corrected chi connectivity index (χ1v) is 6.37. The van der Waals surface area contributed by atoms with Gasteiger partial charge in [-0.25, -0.2) is 8.51 Å². The lowest BCUT2D eigenvalue weighted by atomic mass is 9.87. The molecule has 0 rings (SSSR count). The number of hydrogen-bond acceptors (Lipinski definition) is 2. The second-order valence-corrected chi connectivity index (χ2v) is 6.47. The number of likely N-dealkylation sites (N-methyl/N-ethyl adjacent to an activating group) is 2. The first-order valence-electron chi connectivity index (χ1n) is 5.09. The SMILES string of the molecule is CCS(=O)N(C)C[C@@H](NC)C(C)(C)C. The minimum absolute atomic E-state index is 0.195. The molecular formula is C10H24N2OS. The van der Waals surface area contributed by atoms with Crippen molar-refractivity contribution < 1.29 is 4.21 Å². The molecule has 4 heteroatoms. The number of nitrogens with zero attached hydrogens (tertiary/aromatic N) is 1. The molecule has 0 aromatic carbocycles. The smallest absolute Gasteiger partial charge is 0.0937 e. The molecule has 1 unspecified atom stereocenters. The van der Waals surface area contributed by atoms with Crippen molar-refractivity contribution in [2.45, 2.75) is 33.7 Å². The average Bonchev–Trinajstić information content (AvgIpc) is 2.10. The van der Waals surface area contributed by atoms with Crippen LogP contribution >= 0.6 is 0 Å². The van der Waals surface area contributed by atoms with Crippen LogP contribution in [0.5, 0.6) is 0 Å². The Hall–Kier alpha value is 0.0700. The Labute approximate surface area is 90.8 Å². The minimum atomic E-state index is -0.835. The molecule has 0 radical (unpaired) electrons. The lowest BCUT2D eigenvalue weighted by Crippen LogP contribution is -2.46. The van der Waals surface area contributed by atoms with E-state index in [1.54, 1.807) is 0 Å². The van der Waals surface area contributed by atoms with Crippen molar-refractivity contribution in [1.82, 2.24) is 9.62 Å². The summed E-state index contributed by atoms with van der Waals surface area (Å²) < 4.78 is 13.4. The molecule has 0 bridgehead atoms. The monoisotopic (exact) mass is 220 g/mol. The zero-order valence-corrected chi connectivity index (χ0v) is 11.1. The highest BCUT2D eigenvalue weighted by Gasteiger charge is 2.25. The van der Waals surface area contributed by atoms with E-state index in [9.17, 15) is 4.21 Å². The summed E-state index contributed by atoms with van der Waals surface area (Å²) in [6.07, 6.45) is 0. The Balaban J connectivity index is 4.26.